The second-order valence-corrected chi connectivity index (χ2v) is 16.8. The van der Waals surface area contributed by atoms with Gasteiger partial charge in [0, 0.05) is 17.9 Å². The highest BCUT2D eigenvalue weighted by molar-refractivity contribution is 6.73. The zero-order valence-corrected chi connectivity index (χ0v) is 23.0. The molecule has 1 spiro atoms. The Morgan fingerprint density at radius 2 is 1.79 bits per heavy atom. The second kappa shape index (κ2) is 8.56. The van der Waals surface area contributed by atoms with Gasteiger partial charge in [0.15, 0.2) is 8.32 Å². The van der Waals surface area contributed by atoms with Crippen molar-refractivity contribution < 1.29 is 19.4 Å². The molecule has 1 aromatic rings. The quantitative estimate of drug-likeness (QED) is 0.395. The van der Waals surface area contributed by atoms with E-state index in [9.17, 15) is 10.2 Å². The van der Waals surface area contributed by atoms with Gasteiger partial charge in [0.25, 0.3) is 0 Å². The van der Waals surface area contributed by atoms with Crippen molar-refractivity contribution in [1.29, 1.82) is 0 Å². The third-order valence-corrected chi connectivity index (χ3v) is 14.5. The molecule has 2 aliphatic carbocycles. The van der Waals surface area contributed by atoms with Gasteiger partial charge in [0.2, 0.25) is 0 Å². The standard InChI is InChI=1S/C28H46O4Si/c1-8-33(9-2,10-3)32-24(26(6,7)30)17-20-11-12-22(29)21-13-14-28(31-25(20)21)16-15-27(19(4)5)18-23(27)28/h11-12,19,23-24,29-30H,8-10,13-18H2,1-7H3/t23-,24-,27+,28?/m1/s1. The molecule has 4 rings (SSSR count). The number of phenolic OH excluding ortho intramolecular Hbond substituents is 1. The fourth-order valence-electron chi connectivity index (χ4n) is 7.00. The van der Waals surface area contributed by atoms with Crippen molar-refractivity contribution in [1.82, 2.24) is 0 Å². The molecule has 4 atom stereocenters. The molecule has 1 aromatic carbocycles. The number of aliphatic hydroxyl groups is 1. The van der Waals surface area contributed by atoms with Gasteiger partial charge < -0.3 is 19.4 Å². The van der Waals surface area contributed by atoms with E-state index in [1.165, 1.54) is 12.8 Å². The van der Waals surface area contributed by atoms with Crippen LogP contribution in [0.5, 0.6) is 11.5 Å². The van der Waals surface area contributed by atoms with Crippen LogP contribution in [0, 0.1) is 17.3 Å². The van der Waals surface area contributed by atoms with Crippen LogP contribution < -0.4 is 4.74 Å². The summed E-state index contributed by atoms with van der Waals surface area (Å²) in [5.74, 6) is 2.55. The molecular formula is C28H46O4Si. The van der Waals surface area contributed by atoms with Gasteiger partial charge >= 0.3 is 0 Å². The van der Waals surface area contributed by atoms with Crippen LogP contribution in [0.25, 0.3) is 0 Å². The number of ether oxygens (including phenoxy) is 1. The molecule has 0 radical (unpaired) electrons. The van der Waals surface area contributed by atoms with E-state index in [2.05, 4.69) is 34.6 Å². The Kier molecular flexibility index (Phi) is 6.50. The van der Waals surface area contributed by atoms with Crippen molar-refractivity contribution in [2.24, 2.45) is 17.3 Å². The number of phenols is 1. The zero-order valence-electron chi connectivity index (χ0n) is 22.0. The van der Waals surface area contributed by atoms with Gasteiger partial charge in [0.05, 0.1) is 11.7 Å². The molecule has 186 valence electrons. The predicted octanol–water partition coefficient (Wildman–Crippen LogP) is 6.62. The van der Waals surface area contributed by atoms with E-state index in [0.717, 1.165) is 54.3 Å². The minimum Gasteiger partial charge on any atom is -0.508 e. The summed E-state index contributed by atoms with van der Waals surface area (Å²) in [5.41, 5.74) is 1.44. The van der Waals surface area contributed by atoms with Gasteiger partial charge in [-0.15, -0.1) is 0 Å². The van der Waals surface area contributed by atoms with Gasteiger partial charge in [-0.05, 0) is 87.0 Å². The molecular weight excluding hydrogens is 428 g/mol. The smallest absolute Gasteiger partial charge is 0.192 e. The van der Waals surface area contributed by atoms with E-state index in [-0.39, 0.29) is 11.7 Å². The maximum Gasteiger partial charge on any atom is 0.192 e. The van der Waals surface area contributed by atoms with Gasteiger partial charge in [0.1, 0.15) is 17.1 Å². The number of aromatic hydroxyl groups is 1. The molecule has 2 N–H and O–H groups in total. The SMILES string of the molecule is CC[Si](CC)(CC)O[C@H](Cc1ccc(O)c2c1OC1(CC2)CC[C@@]2(C(C)C)C[C@@H]12)C(C)(C)O. The monoisotopic (exact) mass is 474 g/mol. The van der Waals surface area contributed by atoms with E-state index >= 15 is 0 Å². The van der Waals surface area contributed by atoms with Crippen LogP contribution >= 0.6 is 0 Å². The van der Waals surface area contributed by atoms with Crippen LogP contribution in [0.3, 0.4) is 0 Å². The average Bonchev–Trinajstić information content (AvgIpc) is 3.47. The van der Waals surface area contributed by atoms with E-state index < -0.39 is 13.9 Å². The summed E-state index contributed by atoms with van der Waals surface area (Å²) in [5, 5.41) is 21.8. The van der Waals surface area contributed by atoms with Crippen molar-refractivity contribution in [2.75, 3.05) is 0 Å². The molecule has 33 heavy (non-hydrogen) atoms. The van der Waals surface area contributed by atoms with E-state index in [0.29, 0.717) is 29.4 Å². The highest BCUT2D eigenvalue weighted by atomic mass is 28.4. The van der Waals surface area contributed by atoms with Gasteiger partial charge in [-0.2, -0.15) is 0 Å². The summed E-state index contributed by atoms with van der Waals surface area (Å²) in [7, 11) is -1.90. The van der Waals surface area contributed by atoms with Gasteiger partial charge in [-0.1, -0.05) is 40.7 Å². The summed E-state index contributed by atoms with van der Waals surface area (Å²) < 4.78 is 13.8. The lowest BCUT2D eigenvalue weighted by Crippen LogP contribution is -2.49. The number of benzene rings is 1. The summed E-state index contributed by atoms with van der Waals surface area (Å²) in [6.45, 7) is 15.1. The topological polar surface area (TPSA) is 58.9 Å². The Bertz CT molecular complexity index is 863. The molecule has 5 heteroatoms. The molecule has 3 aliphatic rings. The highest BCUT2D eigenvalue weighted by Crippen LogP contribution is 2.73. The first-order chi connectivity index (χ1) is 15.5. The van der Waals surface area contributed by atoms with Crippen LogP contribution in [0.2, 0.25) is 18.1 Å². The molecule has 4 nitrogen and oxygen atoms in total. The first-order valence-electron chi connectivity index (χ1n) is 13.4. The number of rotatable bonds is 9. The summed E-state index contributed by atoms with van der Waals surface area (Å²) in [6, 6.07) is 6.97. The minimum absolute atomic E-state index is 0.0837. The van der Waals surface area contributed by atoms with E-state index in [1.54, 1.807) is 0 Å². The third-order valence-electron chi connectivity index (χ3n) is 9.86. The molecule has 0 bridgehead atoms. The van der Waals surface area contributed by atoms with Crippen LogP contribution in [-0.4, -0.2) is 35.8 Å². The van der Waals surface area contributed by atoms with Crippen molar-refractivity contribution >= 4 is 8.32 Å². The van der Waals surface area contributed by atoms with Gasteiger partial charge in [-0.25, -0.2) is 0 Å². The normalized spacial score (nSPS) is 29.7. The fourth-order valence-corrected chi connectivity index (χ4v) is 9.97. The molecule has 0 aromatic heterocycles. The molecule has 0 amide bonds. The fraction of sp³-hybridized carbons (Fsp3) is 0.786. The molecule has 2 saturated carbocycles. The maximum absolute atomic E-state index is 11.1. The summed E-state index contributed by atoms with van der Waals surface area (Å²) >= 11 is 0. The predicted molar refractivity (Wildman–Crippen MR) is 136 cm³/mol. The van der Waals surface area contributed by atoms with E-state index in [4.69, 9.17) is 9.16 Å². The lowest BCUT2D eigenvalue weighted by atomic mass is 9.84. The summed E-state index contributed by atoms with van der Waals surface area (Å²) in [4.78, 5) is 0. The van der Waals surface area contributed by atoms with Crippen molar-refractivity contribution in [2.45, 2.75) is 122 Å². The third kappa shape index (κ3) is 4.16. The summed E-state index contributed by atoms with van der Waals surface area (Å²) in [6.07, 6.45) is 5.83. The Morgan fingerprint density at radius 3 is 2.30 bits per heavy atom. The lowest BCUT2D eigenvalue weighted by molar-refractivity contribution is -0.0397. The maximum atomic E-state index is 11.1. The second-order valence-electron chi connectivity index (χ2n) is 12.1. The Morgan fingerprint density at radius 1 is 1.12 bits per heavy atom. The van der Waals surface area contributed by atoms with Crippen LogP contribution in [-0.2, 0) is 17.3 Å². The molecule has 1 heterocycles. The molecule has 1 unspecified atom stereocenters. The van der Waals surface area contributed by atoms with E-state index in [1.807, 2.05) is 26.0 Å². The van der Waals surface area contributed by atoms with Gasteiger partial charge in [-0.3, -0.25) is 0 Å². The van der Waals surface area contributed by atoms with Crippen LogP contribution in [0.4, 0.5) is 0 Å². The van der Waals surface area contributed by atoms with Crippen molar-refractivity contribution in [3.63, 3.8) is 0 Å². The average molecular weight is 475 g/mol. The first-order valence-corrected chi connectivity index (χ1v) is 15.9. The van der Waals surface area contributed by atoms with Crippen molar-refractivity contribution in [3.05, 3.63) is 23.3 Å². The first kappa shape index (κ1) is 25.1. The Hall–Kier alpha value is -1.04. The molecule has 2 fully saturated rings. The highest BCUT2D eigenvalue weighted by Gasteiger charge is 2.70. The molecule has 1 aliphatic heterocycles. The molecule has 0 saturated heterocycles. The number of hydrogen-bond acceptors (Lipinski definition) is 4. The zero-order chi connectivity index (χ0) is 24.2. The van der Waals surface area contributed by atoms with Crippen LogP contribution in [0.1, 0.15) is 85.3 Å². The number of fused-ring (bicyclic) bond motifs is 3. The van der Waals surface area contributed by atoms with Crippen molar-refractivity contribution in [3.8, 4) is 11.5 Å². The number of hydrogen-bond donors (Lipinski definition) is 2. The Balaban J connectivity index is 1.65. The minimum atomic E-state index is -1.90. The Labute approximate surface area is 202 Å². The lowest BCUT2D eigenvalue weighted by Gasteiger charge is -2.41. The largest absolute Gasteiger partial charge is 0.508 e. The van der Waals surface area contributed by atoms with Crippen LogP contribution in [0.15, 0.2) is 12.1 Å².